The van der Waals surface area contributed by atoms with Crippen molar-refractivity contribution in [3.63, 3.8) is 0 Å². The number of nitro groups is 1. The third-order valence-corrected chi connectivity index (χ3v) is 3.15. The summed E-state index contributed by atoms with van der Waals surface area (Å²) in [7, 11) is 0. The van der Waals surface area contributed by atoms with Crippen LogP contribution >= 0.6 is 0 Å². The number of hydrogen-bond donors (Lipinski definition) is 1. The van der Waals surface area contributed by atoms with Gasteiger partial charge >= 0.3 is 0 Å². The Morgan fingerprint density at radius 2 is 2.17 bits per heavy atom. The third kappa shape index (κ3) is 2.42. The van der Waals surface area contributed by atoms with Crippen molar-refractivity contribution >= 4 is 17.3 Å². The molecule has 1 aliphatic heterocycles. The molecule has 0 spiro atoms. The molecular formula is C12H15N3O3. The van der Waals surface area contributed by atoms with Crippen LogP contribution < -0.4 is 5.73 Å². The Hall–Kier alpha value is -2.11. The molecule has 1 aromatic rings. The second-order valence-electron chi connectivity index (χ2n) is 4.38. The Bertz CT molecular complexity index is 487. The van der Waals surface area contributed by atoms with Gasteiger partial charge in [-0.05, 0) is 12.8 Å². The monoisotopic (exact) mass is 249 g/mol. The summed E-state index contributed by atoms with van der Waals surface area (Å²) >= 11 is 0. The predicted molar refractivity (Wildman–Crippen MR) is 66.8 cm³/mol. The van der Waals surface area contributed by atoms with Crippen LogP contribution in [0.1, 0.15) is 24.8 Å². The van der Waals surface area contributed by atoms with Crippen molar-refractivity contribution in [2.75, 3.05) is 12.3 Å². The lowest BCUT2D eigenvalue weighted by Crippen LogP contribution is -2.34. The summed E-state index contributed by atoms with van der Waals surface area (Å²) < 4.78 is 0. The standard InChI is InChI=1S/C12H15N3O3/c13-12-9(4-3-5-10(12)15(17)18)8-14-7-2-1-6-11(14)16/h3-5H,1-2,6-8,13H2. The second kappa shape index (κ2) is 5.03. The number of amides is 1. The van der Waals surface area contributed by atoms with Crippen LogP contribution in [0.25, 0.3) is 0 Å². The summed E-state index contributed by atoms with van der Waals surface area (Å²) in [5.74, 6) is 0.0900. The van der Waals surface area contributed by atoms with Crippen LogP contribution in [-0.2, 0) is 11.3 Å². The highest BCUT2D eigenvalue weighted by Crippen LogP contribution is 2.26. The van der Waals surface area contributed by atoms with Crippen molar-refractivity contribution in [2.24, 2.45) is 0 Å². The van der Waals surface area contributed by atoms with Crippen LogP contribution in [0.5, 0.6) is 0 Å². The van der Waals surface area contributed by atoms with E-state index >= 15 is 0 Å². The highest BCUT2D eigenvalue weighted by atomic mass is 16.6. The highest BCUT2D eigenvalue weighted by molar-refractivity contribution is 5.77. The Labute approximate surface area is 105 Å². The number of nitrogen functional groups attached to an aromatic ring is 1. The van der Waals surface area contributed by atoms with E-state index in [0.717, 1.165) is 12.8 Å². The van der Waals surface area contributed by atoms with E-state index in [1.54, 1.807) is 17.0 Å². The molecule has 0 bridgehead atoms. The molecule has 1 amide bonds. The lowest BCUT2D eigenvalue weighted by Gasteiger charge is -2.27. The third-order valence-electron chi connectivity index (χ3n) is 3.15. The summed E-state index contributed by atoms with van der Waals surface area (Å²) in [4.78, 5) is 23.7. The van der Waals surface area contributed by atoms with Gasteiger partial charge in [0.15, 0.2) is 0 Å². The lowest BCUT2D eigenvalue weighted by atomic mass is 10.1. The molecule has 96 valence electrons. The maximum Gasteiger partial charge on any atom is 0.292 e. The zero-order chi connectivity index (χ0) is 13.1. The number of carbonyl (C=O) groups is 1. The Balaban J connectivity index is 2.21. The first-order valence-corrected chi connectivity index (χ1v) is 5.89. The van der Waals surface area contributed by atoms with E-state index in [1.807, 2.05) is 0 Å². The van der Waals surface area contributed by atoms with E-state index in [9.17, 15) is 14.9 Å². The maximum absolute atomic E-state index is 11.7. The molecule has 1 heterocycles. The largest absolute Gasteiger partial charge is 0.393 e. The number of rotatable bonds is 3. The quantitative estimate of drug-likeness (QED) is 0.501. The van der Waals surface area contributed by atoms with Gasteiger partial charge in [0.25, 0.3) is 5.69 Å². The molecule has 1 saturated heterocycles. The van der Waals surface area contributed by atoms with Gasteiger partial charge in [0.1, 0.15) is 5.69 Å². The Morgan fingerprint density at radius 3 is 2.83 bits per heavy atom. The van der Waals surface area contributed by atoms with Gasteiger partial charge in [-0.2, -0.15) is 0 Å². The number of nitrogens with zero attached hydrogens (tertiary/aromatic N) is 2. The van der Waals surface area contributed by atoms with Crippen molar-refractivity contribution in [3.05, 3.63) is 33.9 Å². The average molecular weight is 249 g/mol. The molecule has 0 aliphatic carbocycles. The maximum atomic E-state index is 11.7. The molecule has 0 saturated carbocycles. The fraction of sp³-hybridized carbons (Fsp3) is 0.417. The van der Waals surface area contributed by atoms with Crippen LogP contribution in [-0.4, -0.2) is 22.3 Å². The number of benzene rings is 1. The molecule has 18 heavy (non-hydrogen) atoms. The number of anilines is 1. The van der Waals surface area contributed by atoms with Gasteiger partial charge in [0.05, 0.1) is 4.92 Å². The number of likely N-dealkylation sites (tertiary alicyclic amines) is 1. The van der Waals surface area contributed by atoms with E-state index in [4.69, 9.17) is 5.73 Å². The lowest BCUT2D eigenvalue weighted by molar-refractivity contribution is -0.384. The number of para-hydroxylation sites is 1. The zero-order valence-electron chi connectivity index (χ0n) is 9.96. The van der Waals surface area contributed by atoms with Crippen molar-refractivity contribution in [3.8, 4) is 0 Å². The van der Waals surface area contributed by atoms with E-state index in [2.05, 4.69) is 0 Å². The van der Waals surface area contributed by atoms with Crippen LogP contribution in [0.3, 0.4) is 0 Å². The SMILES string of the molecule is Nc1c(CN2CCCCC2=O)cccc1[N+](=O)[O-]. The van der Waals surface area contributed by atoms with Crippen LogP contribution in [0, 0.1) is 10.1 Å². The topological polar surface area (TPSA) is 89.5 Å². The molecule has 1 fully saturated rings. The molecule has 0 unspecified atom stereocenters. The molecule has 1 aliphatic rings. The summed E-state index contributed by atoms with van der Waals surface area (Å²) in [6.07, 6.45) is 2.44. The van der Waals surface area contributed by atoms with Crippen LogP contribution in [0.15, 0.2) is 18.2 Å². The summed E-state index contributed by atoms with van der Waals surface area (Å²) in [5, 5.41) is 10.8. The molecule has 0 atom stereocenters. The van der Waals surface area contributed by atoms with Gasteiger partial charge in [-0.1, -0.05) is 12.1 Å². The molecule has 6 heteroatoms. The van der Waals surface area contributed by atoms with Crippen LogP contribution in [0.2, 0.25) is 0 Å². The fourth-order valence-corrected chi connectivity index (χ4v) is 2.13. The first-order valence-electron chi connectivity index (χ1n) is 5.89. The van der Waals surface area contributed by atoms with E-state index < -0.39 is 4.92 Å². The van der Waals surface area contributed by atoms with Crippen LogP contribution in [0.4, 0.5) is 11.4 Å². The van der Waals surface area contributed by atoms with E-state index in [-0.39, 0.29) is 17.3 Å². The minimum absolute atomic E-state index is 0.0900. The number of nitro benzene ring substituents is 1. The van der Waals surface area contributed by atoms with E-state index in [0.29, 0.717) is 25.1 Å². The molecule has 6 nitrogen and oxygen atoms in total. The molecular weight excluding hydrogens is 234 g/mol. The molecule has 1 aromatic carbocycles. The molecule has 0 radical (unpaired) electrons. The summed E-state index contributed by atoms with van der Waals surface area (Å²) in [5.41, 5.74) is 6.46. The van der Waals surface area contributed by atoms with Crippen molar-refractivity contribution in [1.82, 2.24) is 4.90 Å². The summed E-state index contributed by atoms with van der Waals surface area (Å²) in [6, 6.07) is 4.69. The van der Waals surface area contributed by atoms with Gasteiger partial charge in [-0.25, -0.2) is 0 Å². The van der Waals surface area contributed by atoms with Gasteiger partial charge in [0, 0.05) is 31.1 Å². The highest BCUT2D eigenvalue weighted by Gasteiger charge is 2.21. The number of piperidine rings is 1. The van der Waals surface area contributed by atoms with Gasteiger partial charge in [-0.15, -0.1) is 0 Å². The number of nitrogens with two attached hydrogens (primary N) is 1. The predicted octanol–water partition coefficient (Wildman–Crippen LogP) is 1.69. The molecule has 0 aromatic heterocycles. The van der Waals surface area contributed by atoms with Crippen molar-refractivity contribution < 1.29 is 9.72 Å². The first kappa shape index (κ1) is 12.3. The van der Waals surface area contributed by atoms with Crippen molar-refractivity contribution in [1.29, 1.82) is 0 Å². The minimum Gasteiger partial charge on any atom is -0.393 e. The normalized spacial score (nSPS) is 15.8. The Morgan fingerprint density at radius 1 is 1.39 bits per heavy atom. The van der Waals surface area contributed by atoms with Gasteiger partial charge in [-0.3, -0.25) is 14.9 Å². The zero-order valence-corrected chi connectivity index (χ0v) is 9.96. The number of carbonyl (C=O) groups excluding carboxylic acids is 1. The van der Waals surface area contributed by atoms with Gasteiger partial charge < -0.3 is 10.6 Å². The van der Waals surface area contributed by atoms with Gasteiger partial charge in [0.2, 0.25) is 5.91 Å². The average Bonchev–Trinajstić information content (AvgIpc) is 2.34. The van der Waals surface area contributed by atoms with E-state index in [1.165, 1.54) is 6.07 Å². The van der Waals surface area contributed by atoms with Crippen molar-refractivity contribution in [2.45, 2.75) is 25.8 Å². The first-order chi connectivity index (χ1) is 8.59. The summed E-state index contributed by atoms with van der Waals surface area (Å²) in [6.45, 7) is 1.05. The number of hydrogen-bond acceptors (Lipinski definition) is 4. The Kier molecular flexibility index (Phi) is 3.45. The second-order valence-corrected chi connectivity index (χ2v) is 4.38. The molecule has 2 N–H and O–H groups in total. The molecule has 2 rings (SSSR count). The smallest absolute Gasteiger partial charge is 0.292 e. The fourth-order valence-electron chi connectivity index (χ4n) is 2.13. The minimum atomic E-state index is -0.503.